The summed E-state index contributed by atoms with van der Waals surface area (Å²) in [6.45, 7) is 0. The number of fused-ring (bicyclic) bond motifs is 1. The largest absolute Gasteiger partial charge is 0.383 e. The van der Waals surface area contributed by atoms with E-state index in [1.807, 2.05) is 0 Å². The van der Waals surface area contributed by atoms with Crippen LogP contribution in [0.5, 0.6) is 0 Å². The summed E-state index contributed by atoms with van der Waals surface area (Å²) < 4.78 is 0. The highest BCUT2D eigenvalue weighted by Gasteiger charge is 2.34. The van der Waals surface area contributed by atoms with Crippen LogP contribution in [0.25, 0.3) is 0 Å². The zero-order valence-electron chi connectivity index (χ0n) is 8.95. The number of nitrogens with zero attached hydrogens (tertiary/aromatic N) is 1. The highest BCUT2D eigenvalue weighted by molar-refractivity contribution is 6.45. The fourth-order valence-electron chi connectivity index (χ4n) is 1.70. The number of carbonyl (C=O) groups is 2. The van der Waals surface area contributed by atoms with Crippen LogP contribution in [-0.2, 0) is 0 Å². The molecular formula is C12H10ClNO2. The molecule has 0 bridgehead atoms. The quantitative estimate of drug-likeness (QED) is 0.553. The second kappa shape index (κ2) is 3.76. The Morgan fingerprint density at radius 2 is 1.88 bits per heavy atom. The van der Waals surface area contributed by atoms with Crippen molar-refractivity contribution in [2.75, 3.05) is 14.1 Å². The number of rotatable bonds is 1. The molecule has 1 aromatic rings. The van der Waals surface area contributed by atoms with Gasteiger partial charge in [-0.05, 0) is 6.07 Å². The molecule has 0 heterocycles. The second-order valence-corrected chi connectivity index (χ2v) is 4.23. The fraction of sp³-hybridized carbons (Fsp3) is 0.167. The molecular weight excluding hydrogens is 226 g/mol. The summed E-state index contributed by atoms with van der Waals surface area (Å²) in [7, 11) is 3.52. The fourth-order valence-corrected chi connectivity index (χ4v) is 1.96. The van der Waals surface area contributed by atoms with Gasteiger partial charge in [-0.15, -0.1) is 0 Å². The highest BCUT2D eigenvalue weighted by atomic mass is 35.5. The zero-order valence-corrected chi connectivity index (χ0v) is 9.71. The van der Waals surface area contributed by atoms with Crippen molar-refractivity contribution in [2.24, 2.45) is 0 Å². The van der Waals surface area contributed by atoms with Gasteiger partial charge in [0.25, 0.3) is 0 Å². The smallest absolute Gasteiger partial charge is 0.200 e. The summed E-state index contributed by atoms with van der Waals surface area (Å²) in [6.07, 6.45) is 1.53. The summed E-state index contributed by atoms with van der Waals surface area (Å²) in [5, 5.41) is 0.331. The Hall–Kier alpha value is -1.61. The van der Waals surface area contributed by atoms with E-state index in [4.69, 9.17) is 11.6 Å². The summed E-state index contributed by atoms with van der Waals surface area (Å²) in [5.41, 5.74) is 0.890. The Morgan fingerprint density at radius 3 is 2.44 bits per heavy atom. The number of carbonyl (C=O) groups excluding carboxylic acids is 2. The average molecular weight is 236 g/mol. The minimum Gasteiger partial charge on any atom is -0.383 e. The Morgan fingerprint density at radius 1 is 1.19 bits per heavy atom. The molecule has 0 aliphatic heterocycles. The van der Waals surface area contributed by atoms with Crippen LogP contribution >= 0.6 is 11.6 Å². The van der Waals surface area contributed by atoms with Crippen LogP contribution in [0.4, 0.5) is 0 Å². The molecule has 3 nitrogen and oxygen atoms in total. The van der Waals surface area contributed by atoms with Crippen LogP contribution in [-0.4, -0.2) is 30.6 Å². The lowest BCUT2D eigenvalue weighted by atomic mass is 10.1. The van der Waals surface area contributed by atoms with Gasteiger partial charge in [0.05, 0.1) is 16.2 Å². The molecule has 0 radical (unpaired) electrons. The monoisotopic (exact) mass is 235 g/mol. The van der Waals surface area contributed by atoms with Crippen molar-refractivity contribution in [1.82, 2.24) is 4.90 Å². The minimum absolute atomic E-state index is 0.174. The third kappa shape index (κ3) is 1.53. The molecule has 0 saturated heterocycles. The first-order valence-corrected chi connectivity index (χ1v) is 5.16. The number of benzene rings is 1. The van der Waals surface area contributed by atoms with Gasteiger partial charge in [-0.1, -0.05) is 23.7 Å². The van der Waals surface area contributed by atoms with Gasteiger partial charge >= 0.3 is 0 Å². The Bertz CT molecular complexity index is 518. The number of ketones is 2. The van der Waals surface area contributed by atoms with E-state index < -0.39 is 0 Å². The van der Waals surface area contributed by atoms with Crippen LogP contribution in [0, 0.1) is 0 Å². The van der Waals surface area contributed by atoms with E-state index >= 15 is 0 Å². The van der Waals surface area contributed by atoms with Crippen LogP contribution in [0.2, 0.25) is 5.02 Å². The van der Waals surface area contributed by atoms with E-state index in [0.717, 1.165) is 0 Å². The Labute approximate surface area is 98.3 Å². The van der Waals surface area contributed by atoms with Crippen molar-refractivity contribution in [3.8, 4) is 0 Å². The van der Waals surface area contributed by atoms with Crippen molar-refractivity contribution < 1.29 is 9.59 Å². The molecule has 82 valence electrons. The first-order valence-electron chi connectivity index (χ1n) is 4.78. The topological polar surface area (TPSA) is 37.4 Å². The van der Waals surface area contributed by atoms with E-state index in [2.05, 4.69) is 0 Å². The first-order chi connectivity index (χ1) is 7.52. The van der Waals surface area contributed by atoms with Crippen molar-refractivity contribution in [2.45, 2.75) is 0 Å². The van der Waals surface area contributed by atoms with Gasteiger partial charge in [-0.3, -0.25) is 9.59 Å². The van der Waals surface area contributed by atoms with E-state index in [1.54, 1.807) is 37.2 Å². The number of hydrogen-bond donors (Lipinski definition) is 0. The normalized spacial score (nSPS) is 16.8. The molecule has 4 heteroatoms. The molecule has 0 unspecified atom stereocenters. The Balaban J connectivity index is 2.62. The molecule has 1 aromatic carbocycles. The summed E-state index contributed by atoms with van der Waals surface area (Å²) >= 11 is 5.92. The molecule has 1 aliphatic rings. The molecule has 0 fully saturated rings. The van der Waals surface area contributed by atoms with Crippen molar-refractivity contribution in [3.05, 3.63) is 46.1 Å². The van der Waals surface area contributed by atoms with Crippen LogP contribution in [0.3, 0.4) is 0 Å². The van der Waals surface area contributed by atoms with Crippen molar-refractivity contribution >= 4 is 23.2 Å². The summed E-state index contributed by atoms with van der Waals surface area (Å²) in [6, 6.07) is 4.91. The summed E-state index contributed by atoms with van der Waals surface area (Å²) in [4.78, 5) is 25.6. The number of halogens is 1. The van der Waals surface area contributed by atoms with Gasteiger partial charge in [-0.2, -0.15) is 0 Å². The maximum Gasteiger partial charge on any atom is 0.200 e. The molecule has 0 N–H and O–H groups in total. The van der Waals surface area contributed by atoms with Crippen LogP contribution < -0.4 is 0 Å². The minimum atomic E-state index is -0.292. The Kier molecular flexibility index (Phi) is 2.56. The van der Waals surface area contributed by atoms with E-state index in [-0.39, 0.29) is 17.1 Å². The molecule has 1 aliphatic carbocycles. The molecule has 0 aromatic heterocycles. The van der Waals surface area contributed by atoms with Gasteiger partial charge in [0.15, 0.2) is 5.78 Å². The number of Topliss-reactive ketones (excluding diaryl/α,β-unsaturated/α-hetero) is 2. The van der Waals surface area contributed by atoms with Crippen molar-refractivity contribution in [3.63, 3.8) is 0 Å². The second-order valence-electron chi connectivity index (χ2n) is 3.83. The van der Waals surface area contributed by atoms with Crippen LogP contribution in [0.15, 0.2) is 30.0 Å². The van der Waals surface area contributed by atoms with Crippen LogP contribution in [0.1, 0.15) is 20.7 Å². The van der Waals surface area contributed by atoms with Gasteiger partial charge in [0, 0.05) is 25.9 Å². The lowest BCUT2D eigenvalue weighted by Crippen LogP contribution is -2.09. The average Bonchev–Trinajstić information content (AvgIpc) is 2.44. The highest BCUT2D eigenvalue weighted by Crippen LogP contribution is 2.31. The zero-order chi connectivity index (χ0) is 11.9. The molecule has 0 atom stereocenters. The number of hydrogen-bond acceptors (Lipinski definition) is 3. The van der Waals surface area contributed by atoms with E-state index in [9.17, 15) is 9.59 Å². The van der Waals surface area contributed by atoms with E-state index in [1.165, 1.54) is 6.20 Å². The molecule has 0 amide bonds. The van der Waals surface area contributed by atoms with Gasteiger partial charge in [-0.25, -0.2) is 0 Å². The molecule has 16 heavy (non-hydrogen) atoms. The maximum atomic E-state index is 12.0. The van der Waals surface area contributed by atoms with Gasteiger partial charge in [0.1, 0.15) is 0 Å². The third-order valence-corrected chi connectivity index (χ3v) is 2.68. The molecule has 2 rings (SSSR count). The van der Waals surface area contributed by atoms with Crippen molar-refractivity contribution in [1.29, 1.82) is 0 Å². The van der Waals surface area contributed by atoms with E-state index in [0.29, 0.717) is 16.1 Å². The lowest BCUT2D eigenvalue weighted by molar-refractivity contribution is 0.0986. The SMILES string of the molecule is CN(C)/C=C1/C(=O)c2cccc(Cl)c2C1=O. The predicted molar refractivity (Wildman–Crippen MR) is 61.9 cm³/mol. The maximum absolute atomic E-state index is 12.0. The lowest BCUT2D eigenvalue weighted by Gasteiger charge is -2.04. The first kappa shape index (κ1) is 10.9. The third-order valence-electron chi connectivity index (χ3n) is 2.36. The molecule has 0 spiro atoms. The number of allylic oxidation sites excluding steroid dienone is 1. The standard InChI is InChI=1S/C12H10ClNO2/c1-14(2)6-8-11(15)7-4-3-5-9(13)10(7)12(8)16/h3-6H,1-2H3/b8-6-. The summed E-state index contributed by atoms with van der Waals surface area (Å²) in [5.74, 6) is -0.546. The predicted octanol–water partition coefficient (Wildman–Crippen LogP) is 2.16. The van der Waals surface area contributed by atoms with Gasteiger partial charge in [0.2, 0.25) is 5.78 Å². The molecule has 0 saturated carbocycles. The van der Waals surface area contributed by atoms with Gasteiger partial charge < -0.3 is 4.90 Å².